The second-order valence-corrected chi connectivity index (χ2v) is 5.40. The molecule has 0 bridgehead atoms. The summed E-state index contributed by atoms with van der Waals surface area (Å²) in [6, 6.07) is 5.47. The van der Waals surface area contributed by atoms with E-state index in [1.54, 1.807) is 32.4 Å². The van der Waals surface area contributed by atoms with E-state index in [2.05, 4.69) is 6.92 Å². The Balaban J connectivity index is 2.96. The number of unbranched alkanes of at least 4 members (excludes halogenated alkanes) is 2. The van der Waals surface area contributed by atoms with Crippen LogP contribution in [0.15, 0.2) is 18.2 Å². The number of rotatable bonds is 8. The maximum absolute atomic E-state index is 12.7. The van der Waals surface area contributed by atoms with Gasteiger partial charge in [-0.3, -0.25) is 4.79 Å². The summed E-state index contributed by atoms with van der Waals surface area (Å²) in [5.74, 6) is 1.29. The third kappa shape index (κ3) is 4.96. The van der Waals surface area contributed by atoms with Crippen LogP contribution < -0.4 is 9.47 Å². The molecule has 0 aromatic heterocycles. The fraction of sp³-hybridized carbons (Fsp3) is 0.588. The highest BCUT2D eigenvalue weighted by Crippen LogP contribution is 2.24. The van der Waals surface area contributed by atoms with Crippen LogP contribution in [0.25, 0.3) is 0 Å². The topological polar surface area (TPSA) is 38.8 Å². The minimum Gasteiger partial charge on any atom is -0.497 e. The highest BCUT2D eigenvalue weighted by Gasteiger charge is 2.19. The molecule has 0 saturated heterocycles. The predicted octanol–water partition coefficient (Wildman–Crippen LogP) is 3.74. The van der Waals surface area contributed by atoms with E-state index in [9.17, 15) is 4.79 Å². The number of carbonyl (C=O) groups is 1. The molecule has 0 spiro atoms. The zero-order valence-electron chi connectivity index (χ0n) is 13.8. The van der Waals surface area contributed by atoms with Crippen molar-refractivity contribution in [1.82, 2.24) is 4.90 Å². The molecule has 0 aliphatic carbocycles. The number of hydrogen-bond donors (Lipinski definition) is 0. The Kier molecular flexibility index (Phi) is 7.06. The van der Waals surface area contributed by atoms with E-state index < -0.39 is 0 Å². The minimum atomic E-state index is 0.0262. The lowest BCUT2D eigenvalue weighted by Gasteiger charge is -2.27. The van der Waals surface area contributed by atoms with Crippen molar-refractivity contribution in [2.24, 2.45) is 0 Å². The van der Waals surface area contributed by atoms with Crippen LogP contribution in [0, 0.1) is 0 Å². The van der Waals surface area contributed by atoms with Crippen molar-refractivity contribution in [3.63, 3.8) is 0 Å². The van der Waals surface area contributed by atoms with Crippen LogP contribution in [0.5, 0.6) is 11.5 Å². The van der Waals surface area contributed by atoms with Crippen molar-refractivity contribution in [2.45, 2.75) is 46.1 Å². The van der Waals surface area contributed by atoms with Gasteiger partial charge < -0.3 is 14.4 Å². The molecule has 0 unspecified atom stereocenters. The second-order valence-electron chi connectivity index (χ2n) is 5.40. The van der Waals surface area contributed by atoms with Crippen molar-refractivity contribution >= 4 is 5.91 Å². The van der Waals surface area contributed by atoms with Gasteiger partial charge in [0.25, 0.3) is 5.91 Å². The molecule has 0 aliphatic heterocycles. The number of benzene rings is 1. The molecule has 0 saturated carbocycles. The van der Waals surface area contributed by atoms with Gasteiger partial charge in [0.2, 0.25) is 0 Å². The molecule has 4 nitrogen and oxygen atoms in total. The Morgan fingerprint density at radius 2 is 1.67 bits per heavy atom. The summed E-state index contributed by atoms with van der Waals surface area (Å²) in [6.07, 6.45) is 3.31. The van der Waals surface area contributed by atoms with Gasteiger partial charge in [-0.05, 0) is 32.4 Å². The summed E-state index contributed by atoms with van der Waals surface area (Å²) < 4.78 is 10.5. The quantitative estimate of drug-likeness (QED) is 0.685. The summed E-state index contributed by atoms with van der Waals surface area (Å²) in [5.41, 5.74) is 0.608. The first-order valence-corrected chi connectivity index (χ1v) is 7.57. The molecular formula is C17H27NO3. The fourth-order valence-electron chi connectivity index (χ4n) is 2.22. The normalized spacial score (nSPS) is 10.6. The lowest BCUT2D eigenvalue weighted by Crippen LogP contribution is -2.37. The lowest BCUT2D eigenvalue weighted by molar-refractivity contribution is 0.0701. The zero-order valence-corrected chi connectivity index (χ0v) is 13.8. The van der Waals surface area contributed by atoms with Crippen LogP contribution >= 0.6 is 0 Å². The molecule has 0 aliphatic rings. The summed E-state index contributed by atoms with van der Waals surface area (Å²) in [6.45, 7) is 7.03. The van der Waals surface area contributed by atoms with Crippen molar-refractivity contribution < 1.29 is 14.3 Å². The molecule has 21 heavy (non-hydrogen) atoms. The van der Waals surface area contributed by atoms with Crippen molar-refractivity contribution in [2.75, 3.05) is 20.8 Å². The third-order valence-corrected chi connectivity index (χ3v) is 3.49. The first-order valence-electron chi connectivity index (χ1n) is 7.57. The number of carbonyl (C=O) groups excluding carboxylic acids is 1. The highest BCUT2D eigenvalue weighted by molar-refractivity contribution is 5.95. The highest BCUT2D eigenvalue weighted by atomic mass is 16.5. The fourth-order valence-corrected chi connectivity index (χ4v) is 2.22. The number of methoxy groups -OCH3 is 2. The SMILES string of the molecule is CCCCCN(C(=O)c1cc(OC)cc(OC)c1)C(C)C. The van der Waals surface area contributed by atoms with Gasteiger partial charge >= 0.3 is 0 Å². The summed E-state index contributed by atoms with van der Waals surface area (Å²) >= 11 is 0. The molecule has 1 amide bonds. The van der Waals surface area contributed by atoms with E-state index in [1.807, 2.05) is 18.7 Å². The van der Waals surface area contributed by atoms with Gasteiger partial charge in [-0.2, -0.15) is 0 Å². The Bertz CT molecular complexity index is 435. The predicted molar refractivity (Wildman–Crippen MR) is 85.2 cm³/mol. The Morgan fingerprint density at radius 1 is 1.10 bits per heavy atom. The standard InChI is InChI=1S/C17H27NO3/c1-6-7-8-9-18(13(2)3)17(19)14-10-15(20-4)12-16(11-14)21-5/h10-13H,6-9H2,1-5H3. The molecule has 0 atom stereocenters. The van der Waals surface area contributed by atoms with E-state index >= 15 is 0 Å². The monoisotopic (exact) mass is 293 g/mol. The van der Waals surface area contributed by atoms with E-state index in [-0.39, 0.29) is 11.9 Å². The van der Waals surface area contributed by atoms with Crippen LogP contribution in [-0.4, -0.2) is 37.6 Å². The average Bonchev–Trinajstić information content (AvgIpc) is 2.50. The molecule has 0 fully saturated rings. The minimum absolute atomic E-state index is 0.0262. The second kappa shape index (κ2) is 8.55. The average molecular weight is 293 g/mol. The van der Waals surface area contributed by atoms with Crippen LogP contribution in [0.2, 0.25) is 0 Å². The summed E-state index contributed by atoms with van der Waals surface area (Å²) in [5, 5.41) is 0. The first-order chi connectivity index (χ1) is 10.0. The van der Waals surface area contributed by atoms with Gasteiger partial charge in [-0.15, -0.1) is 0 Å². The Labute approximate surface area is 128 Å². The largest absolute Gasteiger partial charge is 0.497 e. The van der Waals surface area contributed by atoms with Gasteiger partial charge in [0.15, 0.2) is 0 Å². The van der Waals surface area contributed by atoms with Crippen molar-refractivity contribution in [1.29, 1.82) is 0 Å². The summed E-state index contributed by atoms with van der Waals surface area (Å²) in [7, 11) is 3.18. The Morgan fingerprint density at radius 3 is 2.10 bits per heavy atom. The van der Waals surface area contributed by atoms with Crippen molar-refractivity contribution in [3.05, 3.63) is 23.8 Å². The van der Waals surface area contributed by atoms with E-state index in [0.717, 1.165) is 25.8 Å². The molecule has 1 aromatic carbocycles. The third-order valence-electron chi connectivity index (χ3n) is 3.49. The molecule has 0 heterocycles. The maximum atomic E-state index is 12.7. The smallest absolute Gasteiger partial charge is 0.254 e. The molecule has 1 rings (SSSR count). The molecule has 1 aromatic rings. The van der Waals surface area contributed by atoms with Crippen LogP contribution in [0.1, 0.15) is 50.4 Å². The van der Waals surface area contributed by atoms with E-state index in [1.165, 1.54) is 0 Å². The molecule has 4 heteroatoms. The number of nitrogens with zero attached hydrogens (tertiary/aromatic N) is 1. The van der Waals surface area contributed by atoms with Gasteiger partial charge in [-0.25, -0.2) is 0 Å². The van der Waals surface area contributed by atoms with Crippen molar-refractivity contribution in [3.8, 4) is 11.5 Å². The van der Waals surface area contributed by atoms with E-state index in [0.29, 0.717) is 17.1 Å². The zero-order chi connectivity index (χ0) is 15.8. The molecular weight excluding hydrogens is 266 g/mol. The lowest BCUT2D eigenvalue weighted by atomic mass is 10.1. The number of hydrogen-bond acceptors (Lipinski definition) is 3. The maximum Gasteiger partial charge on any atom is 0.254 e. The van der Waals surface area contributed by atoms with Crippen LogP contribution in [0.4, 0.5) is 0 Å². The van der Waals surface area contributed by atoms with Gasteiger partial charge in [0.05, 0.1) is 14.2 Å². The molecule has 0 N–H and O–H groups in total. The van der Waals surface area contributed by atoms with Gasteiger partial charge in [0, 0.05) is 24.2 Å². The number of ether oxygens (including phenoxy) is 2. The van der Waals surface area contributed by atoms with Crippen LogP contribution in [0.3, 0.4) is 0 Å². The Hall–Kier alpha value is -1.71. The first kappa shape index (κ1) is 17.3. The van der Waals surface area contributed by atoms with E-state index in [4.69, 9.17) is 9.47 Å². The molecule has 0 radical (unpaired) electrons. The molecule has 118 valence electrons. The summed E-state index contributed by atoms with van der Waals surface area (Å²) in [4.78, 5) is 14.6. The number of amides is 1. The van der Waals surface area contributed by atoms with Crippen LogP contribution in [-0.2, 0) is 0 Å². The van der Waals surface area contributed by atoms with Gasteiger partial charge in [-0.1, -0.05) is 19.8 Å². The van der Waals surface area contributed by atoms with Gasteiger partial charge in [0.1, 0.15) is 11.5 Å².